The van der Waals surface area contributed by atoms with Crippen LogP contribution in [0.25, 0.3) is 22.5 Å². The molecule has 0 saturated heterocycles. The molecule has 0 amide bonds. The monoisotopic (exact) mass is 406 g/mol. The van der Waals surface area contributed by atoms with Crippen molar-refractivity contribution in [2.24, 2.45) is 0 Å². The minimum Gasteiger partial charge on any atom is -0.508 e. The second kappa shape index (κ2) is 11.4. The molecule has 0 bridgehead atoms. The van der Waals surface area contributed by atoms with E-state index >= 15 is 0 Å². The lowest BCUT2D eigenvalue weighted by molar-refractivity contribution is 0.287. The van der Waals surface area contributed by atoms with E-state index in [-0.39, 0.29) is 5.75 Å². The number of aryl methyl sites for hydroxylation is 1. The van der Waals surface area contributed by atoms with Crippen LogP contribution < -0.4 is 0 Å². The van der Waals surface area contributed by atoms with Gasteiger partial charge in [0.05, 0.1) is 0 Å². The summed E-state index contributed by atoms with van der Waals surface area (Å²) in [7, 11) is 0. The SMILES string of the molecule is CCCCCCC[C@H](F)CCc1ccc(-c2ncc(-c3ccc(O)cc3)cn2)cc1. The number of nitrogens with zero attached hydrogens (tertiary/aromatic N) is 2. The number of rotatable bonds is 11. The van der Waals surface area contributed by atoms with Gasteiger partial charge in [-0.3, -0.25) is 0 Å². The maximum absolute atomic E-state index is 14.1. The van der Waals surface area contributed by atoms with E-state index in [2.05, 4.69) is 16.9 Å². The summed E-state index contributed by atoms with van der Waals surface area (Å²) in [6.07, 6.45) is 10.8. The first kappa shape index (κ1) is 21.9. The van der Waals surface area contributed by atoms with Gasteiger partial charge in [-0.15, -0.1) is 0 Å². The first-order valence-electron chi connectivity index (χ1n) is 11.0. The molecular weight excluding hydrogens is 375 g/mol. The summed E-state index contributed by atoms with van der Waals surface area (Å²) < 4.78 is 14.1. The lowest BCUT2D eigenvalue weighted by Crippen LogP contribution is -2.02. The molecule has 30 heavy (non-hydrogen) atoms. The minimum atomic E-state index is -0.706. The zero-order valence-electron chi connectivity index (χ0n) is 17.7. The van der Waals surface area contributed by atoms with Gasteiger partial charge in [-0.25, -0.2) is 14.4 Å². The smallest absolute Gasteiger partial charge is 0.159 e. The van der Waals surface area contributed by atoms with E-state index in [0.717, 1.165) is 41.5 Å². The van der Waals surface area contributed by atoms with Crippen molar-refractivity contribution >= 4 is 0 Å². The summed E-state index contributed by atoms with van der Waals surface area (Å²) in [6.45, 7) is 2.20. The third kappa shape index (κ3) is 6.65. The van der Waals surface area contributed by atoms with Crippen LogP contribution in [0.15, 0.2) is 60.9 Å². The summed E-state index contributed by atoms with van der Waals surface area (Å²) in [4.78, 5) is 8.95. The summed E-state index contributed by atoms with van der Waals surface area (Å²) in [5.41, 5.74) is 3.96. The predicted octanol–water partition coefficient (Wildman–Crippen LogP) is 7.15. The largest absolute Gasteiger partial charge is 0.508 e. The quantitative estimate of drug-likeness (QED) is 0.344. The lowest BCUT2D eigenvalue weighted by Gasteiger charge is -2.09. The third-order valence-electron chi connectivity index (χ3n) is 5.43. The van der Waals surface area contributed by atoms with E-state index in [1.165, 1.54) is 19.3 Å². The molecule has 1 atom stereocenters. The van der Waals surface area contributed by atoms with Crippen LogP contribution in [0.1, 0.15) is 57.4 Å². The number of halogens is 1. The molecule has 3 rings (SSSR count). The topological polar surface area (TPSA) is 46.0 Å². The Morgan fingerprint density at radius 2 is 1.40 bits per heavy atom. The van der Waals surface area contributed by atoms with Crippen molar-refractivity contribution < 1.29 is 9.50 Å². The Kier molecular flexibility index (Phi) is 8.37. The van der Waals surface area contributed by atoms with Gasteiger partial charge in [0.2, 0.25) is 0 Å². The molecule has 1 aromatic heterocycles. The van der Waals surface area contributed by atoms with Crippen LogP contribution in [0.4, 0.5) is 4.39 Å². The van der Waals surface area contributed by atoms with Crippen LogP contribution in [0.2, 0.25) is 0 Å². The van der Waals surface area contributed by atoms with E-state index in [0.29, 0.717) is 18.7 Å². The fourth-order valence-corrected chi connectivity index (χ4v) is 3.54. The fraction of sp³-hybridized carbons (Fsp3) is 0.385. The second-order valence-corrected chi connectivity index (χ2v) is 7.88. The van der Waals surface area contributed by atoms with Crippen molar-refractivity contribution in [1.29, 1.82) is 0 Å². The van der Waals surface area contributed by atoms with Crippen molar-refractivity contribution in [1.82, 2.24) is 9.97 Å². The van der Waals surface area contributed by atoms with Gasteiger partial charge in [-0.2, -0.15) is 0 Å². The molecule has 158 valence electrons. The van der Waals surface area contributed by atoms with Gasteiger partial charge in [0, 0.05) is 23.5 Å². The number of alkyl halides is 1. The highest BCUT2D eigenvalue weighted by Gasteiger charge is 2.08. The molecule has 0 fully saturated rings. The van der Waals surface area contributed by atoms with E-state index in [1.807, 2.05) is 36.4 Å². The van der Waals surface area contributed by atoms with Crippen LogP contribution in [0, 0.1) is 0 Å². The van der Waals surface area contributed by atoms with Gasteiger partial charge < -0.3 is 5.11 Å². The van der Waals surface area contributed by atoms with E-state index in [4.69, 9.17) is 0 Å². The predicted molar refractivity (Wildman–Crippen MR) is 121 cm³/mol. The normalized spacial score (nSPS) is 12.1. The molecule has 0 radical (unpaired) electrons. The molecule has 0 aliphatic heterocycles. The van der Waals surface area contributed by atoms with Crippen LogP contribution in [-0.4, -0.2) is 21.2 Å². The van der Waals surface area contributed by atoms with Gasteiger partial charge in [-0.05, 0) is 42.5 Å². The zero-order chi connectivity index (χ0) is 21.2. The van der Waals surface area contributed by atoms with Gasteiger partial charge in [0.25, 0.3) is 0 Å². The molecule has 0 saturated carbocycles. The number of aromatic hydroxyl groups is 1. The molecule has 4 heteroatoms. The Labute approximate surface area is 179 Å². The summed E-state index contributed by atoms with van der Waals surface area (Å²) in [6, 6.07) is 15.1. The van der Waals surface area contributed by atoms with Crippen molar-refractivity contribution in [3.63, 3.8) is 0 Å². The molecule has 0 aliphatic carbocycles. The van der Waals surface area contributed by atoms with Gasteiger partial charge in [0.15, 0.2) is 5.82 Å². The zero-order valence-corrected chi connectivity index (χ0v) is 17.7. The fourth-order valence-electron chi connectivity index (χ4n) is 3.54. The van der Waals surface area contributed by atoms with Crippen LogP contribution >= 0.6 is 0 Å². The maximum atomic E-state index is 14.1. The number of hydrogen-bond acceptors (Lipinski definition) is 3. The first-order valence-corrected chi connectivity index (χ1v) is 11.0. The van der Waals surface area contributed by atoms with Crippen LogP contribution in [0.5, 0.6) is 5.75 Å². The number of phenolic OH excluding ortho intramolecular Hbond substituents is 1. The number of phenols is 1. The average Bonchev–Trinajstić information content (AvgIpc) is 2.79. The lowest BCUT2D eigenvalue weighted by atomic mass is 10.0. The van der Waals surface area contributed by atoms with Gasteiger partial charge in [-0.1, -0.05) is 75.4 Å². The molecule has 0 aliphatic rings. The maximum Gasteiger partial charge on any atom is 0.159 e. The number of hydrogen-bond donors (Lipinski definition) is 1. The summed E-state index contributed by atoms with van der Waals surface area (Å²) in [5, 5.41) is 9.40. The highest BCUT2D eigenvalue weighted by atomic mass is 19.1. The highest BCUT2D eigenvalue weighted by molar-refractivity contribution is 5.64. The number of benzene rings is 2. The van der Waals surface area contributed by atoms with E-state index < -0.39 is 6.17 Å². The van der Waals surface area contributed by atoms with Gasteiger partial charge >= 0.3 is 0 Å². The summed E-state index contributed by atoms with van der Waals surface area (Å²) in [5.74, 6) is 0.905. The minimum absolute atomic E-state index is 0.238. The summed E-state index contributed by atoms with van der Waals surface area (Å²) >= 11 is 0. The molecular formula is C26H31FN2O. The Bertz CT molecular complexity index is 876. The van der Waals surface area contributed by atoms with E-state index in [9.17, 15) is 9.50 Å². The van der Waals surface area contributed by atoms with Gasteiger partial charge in [0.1, 0.15) is 11.9 Å². The Morgan fingerprint density at radius 1 is 0.767 bits per heavy atom. The van der Waals surface area contributed by atoms with Crippen LogP contribution in [0.3, 0.4) is 0 Å². The molecule has 0 spiro atoms. The van der Waals surface area contributed by atoms with Crippen LogP contribution in [-0.2, 0) is 6.42 Å². The second-order valence-electron chi connectivity index (χ2n) is 7.88. The van der Waals surface area contributed by atoms with E-state index in [1.54, 1.807) is 24.5 Å². The Balaban J connectivity index is 1.49. The van der Waals surface area contributed by atoms with Crippen molar-refractivity contribution in [2.45, 2.75) is 64.5 Å². The molecule has 1 N–H and O–H groups in total. The Morgan fingerprint density at radius 3 is 2.07 bits per heavy atom. The first-order chi connectivity index (χ1) is 14.7. The third-order valence-corrected chi connectivity index (χ3v) is 5.43. The molecule has 0 unspecified atom stereocenters. The molecule has 3 nitrogen and oxygen atoms in total. The highest BCUT2D eigenvalue weighted by Crippen LogP contribution is 2.23. The van der Waals surface area contributed by atoms with Crippen molar-refractivity contribution in [2.75, 3.05) is 0 Å². The molecule has 2 aromatic carbocycles. The van der Waals surface area contributed by atoms with Crippen molar-refractivity contribution in [3.8, 4) is 28.3 Å². The standard InChI is InChI=1S/C26H31FN2O/c1-2-3-4-5-6-7-24(27)15-10-20-8-11-22(12-9-20)26-28-18-23(19-29-26)21-13-16-25(30)17-14-21/h8-9,11-14,16-19,24,30H,2-7,10,15H2,1H3/t24-/m0/s1. The molecule has 1 heterocycles. The Hall–Kier alpha value is -2.75. The number of unbranched alkanes of at least 4 members (excludes halogenated alkanes) is 4. The number of aromatic nitrogens is 2. The average molecular weight is 407 g/mol. The molecule has 3 aromatic rings. The van der Waals surface area contributed by atoms with Crippen molar-refractivity contribution in [3.05, 3.63) is 66.5 Å².